The summed E-state index contributed by atoms with van der Waals surface area (Å²) in [7, 11) is 2.16. The molecule has 1 N–H and O–H groups in total. The smallest absolute Gasteiger partial charge is 0.0841 e. The molecule has 1 aromatic rings. The van der Waals surface area contributed by atoms with E-state index in [-0.39, 0.29) is 6.10 Å². The average molecular weight is 318 g/mol. The quantitative estimate of drug-likeness (QED) is 0.899. The first-order chi connectivity index (χ1) is 11.0. The van der Waals surface area contributed by atoms with Gasteiger partial charge in [0.15, 0.2) is 0 Å². The standard InChI is InChI=1S/C18H30N4O/c1-14-11-18-17(19-15(14)2)5-4-6-22(18)13-16(23)12-21-9-7-20(3)8-10-21/h11,16,23H,4-10,12-13H2,1-3H3. The highest BCUT2D eigenvalue weighted by molar-refractivity contribution is 5.55. The molecule has 128 valence electrons. The molecule has 0 bridgehead atoms. The lowest BCUT2D eigenvalue weighted by molar-refractivity contribution is 0.0835. The Kier molecular flexibility index (Phi) is 5.19. The fraction of sp³-hybridized carbons (Fsp3) is 0.722. The average Bonchev–Trinajstić information content (AvgIpc) is 2.51. The number of hydrogen-bond donors (Lipinski definition) is 1. The van der Waals surface area contributed by atoms with E-state index in [9.17, 15) is 5.11 Å². The summed E-state index contributed by atoms with van der Waals surface area (Å²) in [4.78, 5) is 11.8. The van der Waals surface area contributed by atoms with Crippen molar-refractivity contribution in [2.24, 2.45) is 0 Å². The number of fused-ring (bicyclic) bond motifs is 1. The zero-order chi connectivity index (χ0) is 16.4. The van der Waals surface area contributed by atoms with E-state index in [2.05, 4.69) is 41.7 Å². The van der Waals surface area contributed by atoms with Crippen LogP contribution in [0.1, 0.15) is 23.4 Å². The first-order valence-electron chi connectivity index (χ1n) is 8.84. The van der Waals surface area contributed by atoms with Crippen LogP contribution < -0.4 is 4.90 Å². The number of β-amino-alcohol motifs (C(OH)–C–C–N with tert-alkyl or cyclic N) is 1. The van der Waals surface area contributed by atoms with Gasteiger partial charge in [0, 0.05) is 51.5 Å². The van der Waals surface area contributed by atoms with Crippen molar-refractivity contribution in [1.29, 1.82) is 0 Å². The number of anilines is 1. The third-order valence-electron chi connectivity index (χ3n) is 5.20. The third-order valence-corrected chi connectivity index (χ3v) is 5.20. The topological polar surface area (TPSA) is 42.8 Å². The lowest BCUT2D eigenvalue weighted by atomic mass is 10.0. The Morgan fingerprint density at radius 3 is 2.61 bits per heavy atom. The zero-order valence-electron chi connectivity index (χ0n) is 14.8. The van der Waals surface area contributed by atoms with Gasteiger partial charge < -0.3 is 14.9 Å². The number of aryl methyl sites for hydroxylation is 3. The van der Waals surface area contributed by atoms with E-state index in [0.29, 0.717) is 6.54 Å². The van der Waals surface area contributed by atoms with Gasteiger partial charge in [0.2, 0.25) is 0 Å². The molecule has 1 saturated heterocycles. The maximum Gasteiger partial charge on any atom is 0.0841 e. The molecular formula is C18H30N4O. The molecule has 0 saturated carbocycles. The molecule has 1 atom stereocenters. The lowest BCUT2D eigenvalue weighted by Gasteiger charge is -2.36. The molecule has 0 amide bonds. The first-order valence-corrected chi connectivity index (χ1v) is 8.84. The molecule has 0 aliphatic carbocycles. The van der Waals surface area contributed by atoms with Gasteiger partial charge in [0.1, 0.15) is 0 Å². The number of piperazine rings is 1. The molecule has 1 unspecified atom stereocenters. The predicted octanol–water partition coefficient (Wildman–Crippen LogP) is 1.06. The van der Waals surface area contributed by atoms with Crippen LogP contribution in [0.15, 0.2) is 6.07 Å². The second-order valence-electron chi connectivity index (χ2n) is 7.16. The van der Waals surface area contributed by atoms with Gasteiger partial charge in [-0.1, -0.05) is 0 Å². The minimum absolute atomic E-state index is 0.300. The van der Waals surface area contributed by atoms with Crippen LogP contribution in [0.25, 0.3) is 0 Å². The minimum Gasteiger partial charge on any atom is -0.390 e. The van der Waals surface area contributed by atoms with Crippen molar-refractivity contribution in [2.45, 2.75) is 32.8 Å². The Bertz CT molecular complexity index is 540. The Labute approximate surface area is 139 Å². The molecule has 3 heterocycles. The Morgan fingerprint density at radius 2 is 1.87 bits per heavy atom. The van der Waals surface area contributed by atoms with Gasteiger partial charge in [-0.15, -0.1) is 0 Å². The zero-order valence-corrected chi connectivity index (χ0v) is 14.8. The van der Waals surface area contributed by atoms with Crippen LogP contribution >= 0.6 is 0 Å². The Morgan fingerprint density at radius 1 is 1.13 bits per heavy atom. The summed E-state index contributed by atoms with van der Waals surface area (Å²) < 4.78 is 0. The molecule has 5 nitrogen and oxygen atoms in total. The number of pyridine rings is 1. The molecule has 0 spiro atoms. The Balaban J connectivity index is 1.61. The molecule has 0 radical (unpaired) electrons. The minimum atomic E-state index is -0.300. The van der Waals surface area contributed by atoms with Gasteiger partial charge in [0.05, 0.1) is 17.5 Å². The molecule has 2 aliphatic rings. The number of likely N-dealkylation sites (N-methyl/N-ethyl adjacent to an activating group) is 1. The van der Waals surface area contributed by atoms with Crippen molar-refractivity contribution in [3.63, 3.8) is 0 Å². The maximum absolute atomic E-state index is 10.6. The summed E-state index contributed by atoms with van der Waals surface area (Å²) in [5.41, 5.74) is 4.80. The van der Waals surface area contributed by atoms with Crippen molar-refractivity contribution >= 4 is 5.69 Å². The molecule has 3 rings (SSSR count). The molecule has 0 aromatic carbocycles. The number of nitrogens with zero attached hydrogens (tertiary/aromatic N) is 4. The number of aromatic nitrogens is 1. The largest absolute Gasteiger partial charge is 0.390 e. The van der Waals surface area contributed by atoms with Gasteiger partial charge in [-0.3, -0.25) is 9.88 Å². The number of rotatable bonds is 4. The van der Waals surface area contributed by atoms with E-state index in [1.54, 1.807) is 0 Å². The third kappa shape index (κ3) is 4.03. The molecule has 23 heavy (non-hydrogen) atoms. The van der Waals surface area contributed by atoms with Crippen LogP contribution in [0.2, 0.25) is 0 Å². The van der Waals surface area contributed by atoms with Crippen LogP contribution in [0.3, 0.4) is 0 Å². The highest BCUT2D eigenvalue weighted by Crippen LogP contribution is 2.27. The summed E-state index contributed by atoms with van der Waals surface area (Å²) in [5.74, 6) is 0. The fourth-order valence-corrected chi connectivity index (χ4v) is 3.59. The highest BCUT2D eigenvalue weighted by atomic mass is 16.3. The van der Waals surface area contributed by atoms with Gasteiger partial charge >= 0.3 is 0 Å². The maximum atomic E-state index is 10.6. The lowest BCUT2D eigenvalue weighted by Crippen LogP contribution is -2.49. The van der Waals surface area contributed by atoms with Crippen LogP contribution in [-0.4, -0.2) is 78.9 Å². The van der Waals surface area contributed by atoms with Crippen molar-refractivity contribution in [3.05, 3.63) is 23.0 Å². The van der Waals surface area contributed by atoms with E-state index < -0.39 is 0 Å². The number of aliphatic hydroxyl groups excluding tert-OH is 1. The Hall–Kier alpha value is -1.17. The summed E-state index contributed by atoms with van der Waals surface area (Å²) in [6.45, 7) is 11.0. The van der Waals surface area contributed by atoms with Crippen molar-refractivity contribution in [3.8, 4) is 0 Å². The fourth-order valence-electron chi connectivity index (χ4n) is 3.59. The molecular weight excluding hydrogens is 288 g/mol. The number of aliphatic hydroxyl groups is 1. The van der Waals surface area contributed by atoms with E-state index in [1.807, 2.05) is 0 Å². The molecule has 1 aromatic heterocycles. The second kappa shape index (κ2) is 7.16. The van der Waals surface area contributed by atoms with Crippen LogP contribution in [0.5, 0.6) is 0 Å². The van der Waals surface area contributed by atoms with E-state index >= 15 is 0 Å². The van der Waals surface area contributed by atoms with E-state index in [0.717, 1.165) is 57.8 Å². The van der Waals surface area contributed by atoms with Crippen molar-refractivity contribution < 1.29 is 5.11 Å². The summed E-state index contributed by atoms with van der Waals surface area (Å²) in [5, 5.41) is 10.6. The molecule has 5 heteroatoms. The van der Waals surface area contributed by atoms with E-state index in [1.165, 1.54) is 16.9 Å². The highest BCUT2D eigenvalue weighted by Gasteiger charge is 2.23. The number of hydrogen-bond acceptors (Lipinski definition) is 5. The van der Waals surface area contributed by atoms with Gasteiger partial charge in [-0.05, 0) is 45.4 Å². The normalized spacial score (nSPS) is 21.3. The van der Waals surface area contributed by atoms with Crippen molar-refractivity contribution in [1.82, 2.24) is 14.8 Å². The summed E-state index contributed by atoms with van der Waals surface area (Å²) in [6.07, 6.45) is 1.89. The van der Waals surface area contributed by atoms with E-state index in [4.69, 9.17) is 4.98 Å². The van der Waals surface area contributed by atoms with Crippen LogP contribution in [0, 0.1) is 13.8 Å². The van der Waals surface area contributed by atoms with Crippen molar-refractivity contribution in [2.75, 3.05) is 57.8 Å². The summed E-state index contributed by atoms with van der Waals surface area (Å²) >= 11 is 0. The second-order valence-corrected chi connectivity index (χ2v) is 7.16. The summed E-state index contributed by atoms with van der Waals surface area (Å²) in [6, 6.07) is 2.25. The predicted molar refractivity (Wildman–Crippen MR) is 94.2 cm³/mol. The molecule has 2 aliphatic heterocycles. The van der Waals surface area contributed by atoms with Crippen LogP contribution in [0.4, 0.5) is 5.69 Å². The van der Waals surface area contributed by atoms with Crippen LogP contribution in [-0.2, 0) is 6.42 Å². The monoisotopic (exact) mass is 318 g/mol. The SMILES string of the molecule is Cc1cc2c(nc1C)CCCN2CC(O)CN1CCN(C)CC1. The molecule has 1 fully saturated rings. The van der Waals surface area contributed by atoms with Gasteiger partial charge in [-0.25, -0.2) is 0 Å². The van der Waals surface area contributed by atoms with Gasteiger partial charge in [-0.2, -0.15) is 0 Å². The first kappa shape index (κ1) is 16.7. The van der Waals surface area contributed by atoms with Gasteiger partial charge in [0.25, 0.3) is 0 Å².